The molecule has 0 aliphatic rings. The lowest BCUT2D eigenvalue weighted by molar-refractivity contribution is -0.137. The van der Waals surface area contributed by atoms with Crippen molar-refractivity contribution in [2.45, 2.75) is 6.18 Å². The lowest BCUT2D eigenvalue weighted by Gasteiger charge is -2.07. The molecule has 0 aromatic heterocycles. The molecule has 0 saturated carbocycles. The highest BCUT2D eigenvalue weighted by atomic mass is 35.5. The third-order valence-corrected chi connectivity index (χ3v) is 2.32. The van der Waals surface area contributed by atoms with Gasteiger partial charge < -0.3 is 0 Å². The van der Waals surface area contributed by atoms with Crippen LogP contribution in [-0.4, -0.2) is 0 Å². The smallest absolute Gasteiger partial charge is 0.166 e. The van der Waals surface area contributed by atoms with Gasteiger partial charge in [0.2, 0.25) is 0 Å². The van der Waals surface area contributed by atoms with Crippen LogP contribution in [0.3, 0.4) is 0 Å². The standard InChI is InChI=1S/C13H9F3.ClH/c14-13(15,16)12-8-6-11(7-9-12)10-4-2-1-3-5-10;/h1-9H;1H. The quantitative estimate of drug-likeness (QED) is 0.690. The molecule has 0 fully saturated rings. The maximum Gasteiger partial charge on any atom is 0.416 e. The molecule has 0 spiro atoms. The van der Waals surface area contributed by atoms with Gasteiger partial charge in [-0.25, -0.2) is 0 Å². The SMILES string of the molecule is Cl.FC(F)(F)c1ccc(-c2ccccc2)cc1. The molecule has 2 aromatic carbocycles. The Balaban J connectivity index is 0.00000144. The zero-order valence-corrected chi connectivity index (χ0v) is 9.55. The van der Waals surface area contributed by atoms with Crippen LogP contribution in [0.15, 0.2) is 54.6 Å². The number of hydrogen-bond donors (Lipinski definition) is 0. The van der Waals surface area contributed by atoms with Crippen molar-refractivity contribution < 1.29 is 13.2 Å². The highest BCUT2D eigenvalue weighted by Gasteiger charge is 2.29. The molecule has 17 heavy (non-hydrogen) atoms. The molecular weight excluding hydrogens is 249 g/mol. The molecule has 2 rings (SSSR count). The van der Waals surface area contributed by atoms with Crippen LogP contribution in [0, 0.1) is 0 Å². The predicted molar refractivity (Wildman–Crippen MR) is 64.1 cm³/mol. The third-order valence-electron chi connectivity index (χ3n) is 2.32. The molecule has 4 heteroatoms. The summed E-state index contributed by atoms with van der Waals surface area (Å²) in [5, 5.41) is 0. The van der Waals surface area contributed by atoms with Gasteiger partial charge in [-0.05, 0) is 23.3 Å². The minimum absolute atomic E-state index is 0. The van der Waals surface area contributed by atoms with E-state index < -0.39 is 11.7 Å². The summed E-state index contributed by atoms with van der Waals surface area (Å²) in [6.45, 7) is 0. The second kappa shape index (κ2) is 5.23. The Kier molecular flexibility index (Phi) is 4.18. The maximum absolute atomic E-state index is 12.3. The van der Waals surface area contributed by atoms with Crippen molar-refractivity contribution in [1.29, 1.82) is 0 Å². The molecule has 0 atom stereocenters. The fourth-order valence-electron chi connectivity index (χ4n) is 1.48. The topological polar surface area (TPSA) is 0 Å². The van der Waals surface area contributed by atoms with Crippen LogP contribution in [0.2, 0.25) is 0 Å². The fraction of sp³-hybridized carbons (Fsp3) is 0.0769. The van der Waals surface area contributed by atoms with E-state index in [4.69, 9.17) is 0 Å². The maximum atomic E-state index is 12.3. The number of hydrogen-bond acceptors (Lipinski definition) is 0. The Morgan fingerprint density at radius 2 is 1.12 bits per heavy atom. The van der Waals surface area contributed by atoms with E-state index in [2.05, 4.69) is 0 Å². The van der Waals surface area contributed by atoms with Crippen LogP contribution in [-0.2, 0) is 6.18 Å². The third kappa shape index (κ3) is 3.24. The first-order valence-corrected chi connectivity index (χ1v) is 4.80. The van der Waals surface area contributed by atoms with Gasteiger partial charge in [-0.15, -0.1) is 12.4 Å². The van der Waals surface area contributed by atoms with E-state index in [1.807, 2.05) is 30.3 Å². The van der Waals surface area contributed by atoms with Crippen LogP contribution < -0.4 is 0 Å². The van der Waals surface area contributed by atoms with E-state index in [1.54, 1.807) is 0 Å². The molecule has 2 aromatic rings. The molecule has 0 aliphatic heterocycles. The highest BCUT2D eigenvalue weighted by Crippen LogP contribution is 2.30. The van der Waals surface area contributed by atoms with Crippen molar-refractivity contribution in [3.8, 4) is 11.1 Å². The Labute approximate surface area is 104 Å². The summed E-state index contributed by atoms with van der Waals surface area (Å²) >= 11 is 0. The molecule has 0 N–H and O–H groups in total. The summed E-state index contributed by atoms with van der Waals surface area (Å²) < 4.78 is 37.0. The number of rotatable bonds is 1. The fourth-order valence-corrected chi connectivity index (χ4v) is 1.48. The van der Waals surface area contributed by atoms with E-state index in [-0.39, 0.29) is 12.4 Å². The van der Waals surface area contributed by atoms with Gasteiger partial charge in [0.1, 0.15) is 0 Å². The van der Waals surface area contributed by atoms with Gasteiger partial charge in [-0.2, -0.15) is 13.2 Å². The molecular formula is C13H10ClF3. The Hall–Kier alpha value is -1.48. The molecule has 0 heterocycles. The van der Waals surface area contributed by atoms with E-state index in [1.165, 1.54) is 12.1 Å². The summed E-state index contributed by atoms with van der Waals surface area (Å²) in [5.74, 6) is 0. The van der Waals surface area contributed by atoms with Gasteiger partial charge in [0.15, 0.2) is 0 Å². The minimum atomic E-state index is -4.27. The predicted octanol–water partition coefficient (Wildman–Crippen LogP) is 4.79. The molecule has 0 aliphatic carbocycles. The van der Waals surface area contributed by atoms with Crippen LogP contribution >= 0.6 is 12.4 Å². The molecule has 0 saturated heterocycles. The van der Waals surface area contributed by atoms with Crippen molar-refractivity contribution >= 4 is 12.4 Å². The first-order chi connectivity index (χ1) is 7.57. The van der Waals surface area contributed by atoms with Crippen molar-refractivity contribution in [3.05, 3.63) is 60.2 Å². The van der Waals surface area contributed by atoms with Gasteiger partial charge in [-0.3, -0.25) is 0 Å². The van der Waals surface area contributed by atoms with Crippen LogP contribution in [0.25, 0.3) is 11.1 Å². The minimum Gasteiger partial charge on any atom is -0.166 e. The average Bonchev–Trinajstić information content (AvgIpc) is 2.29. The lowest BCUT2D eigenvalue weighted by atomic mass is 10.0. The zero-order chi connectivity index (χ0) is 11.6. The summed E-state index contributed by atoms with van der Waals surface area (Å²) in [6.07, 6.45) is -4.27. The lowest BCUT2D eigenvalue weighted by Crippen LogP contribution is -2.03. The van der Waals surface area contributed by atoms with Gasteiger partial charge in [0.25, 0.3) is 0 Å². The Morgan fingerprint density at radius 3 is 1.59 bits per heavy atom. The van der Waals surface area contributed by atoms with Gasteiger partial charge >= 0.3 is 6.18 Å². The second-order valence-electron chi connectivity index (χ2n) is 3.44. The summed E-state index contributed by atoms with van der Waals surface area (Å²) in [5.41, 5.74) is 1.08. The van der Waals surface area contributed by atoms with E-state index in [0.717, 1.165) is 23.3 Å². The van der Waals surface area contributed by atoms with Crippen molar-refractivity contribution in [1.82, 2.24) is 0 Å². The Morgan fingerprint density at radius 1 is 0.647 bits per heavy atom. The highest BCUT2D eigenvalue weighted by molar-refractivity contribution is 5.85. The first-order valence-electron chi connectivity index (χ1n) is 4.80. The largest absolute Gasteiger partial charge is 0.416 e. The van der Waals surface area contributed by atoms with Gasteiger partial charge in [0.05, 0.1) is 5.56 Å². The molecule has 90 valence electrons. The summed E-state index contributed by atoms with van der Waals surface area (Å²) in [7, 11) is 0. The van der Waals surface area contributed by atoms with Crippen molar-refractivity contribution in [2.24, 2.45) is 0 Å². The zero-order valence-electron chi connectivity index (χ0n) is 8.74. The monoisotopic (exact) mass is 258 g/mol. The number of halogens is 4. The van der Waals surface area contributed by atoms with Gasteiger partial charge in [-0.1, -0.05) is 42.5 Å². The first kappa shape index (κ1) is 13.6. The van der Waals surface area contributed by atoms with E-state index in [9.17, 15) is 13.2 Å². The van der Waals surface area contributed by atoms with Crippen molar-refractivity contribution in [3.63, 3.8) is 0 Å². The second-order valence-corrected chi connectivity index (χ2v) is 3.44. The molecule has 0 amide bonds. The number of alkyl halides is 3. The molecule has 0 bridgehead atoms. The summed E-state index contributed by atoms with van der Waals surface area (Å²) in [4.78, 5) is 0. The molecule has 0 radical (unpaired) electrons. The van der Waals surface area contributed by atoms with E-state index >= 15 is 0 Å². The van der Waals surface area contributed by atoms with Crippen LogP contribution in [0.1, 0.15) is 5.56 Å². The normalized spacial score (nSPS) is 10.8. The van der Waals surface area contributed by atoms with Crippen molar-refractivity contribution in [2.75, 3.05) is 0 Å². The number of benzene rings is 2. The molecule has 0 unspecified atom stereocenters. The Bertz CT molecular complexity index is 460. The van der Waals surface area contributed by atoms with Crippen LogP contribution in [0.5, 0.6) is 0 Å². The van der Waals surface area contributed by atoms with Crippen LogP contribution in [0.4, 0.5) is 13.2 Å². The van der Waals surface area contributed by atoms with Gasteiger partial charge in [0, 0.05) is 0 Å². The average molecular weight is 259 g/mol. The molecule has 0 nitrogen and oxygen atoms in total. The summed E-state index contributed by atoms with van der Waals surface area (Å²) in [6, 6.07) is 14.5. The van der Waals surface area contributed by atoms with E-state index in [0.29, 0.717) is 0 Å².